The van der Waals surface area contributed by atoms with Gasteiger partial charge >= 0.3 is 0 Å². The van der Waals surface area contributed by atoms with Crippen molar-refractivity contribution in [2.75, 3.05) is 13.2 Å². The molecule has 0 saturated carbocycles. The molecule has 1 atom stereocenters. The molecule has 1 unspecified atom stereocenters. The van der Waals surface area contributed by atoms with Crippen molar-refractivity contribution in [2.24, 2.45) is 0 Å². The maximum atomic E-state index is 12.8. The van der Waals surface area contributed by atoms with Crippen LogP contribution in [0.5, 0.6) is 5.75 Å². The van der Waals surface area contributed by atoms with Crippen LogP contribution in [0.3, 0.4) is 0 Å². The molecule has 6 nitrogen and oxygen atoms in total. The molecular weight excluding hydrogens is 380 g/mol. The highest BCUT2D eigenvalue weighted by atomic mass is 35.5. The van der Waals surface area contributed by atoms with Gasteiger partial charge in [-0.25, -0.2) is 0 Å². The smallest absolute Gasteiger partial charge is 0.295 e. The van der Waals surface area contributed by atoms with Crippen molar-refractivity contribution in [3.05, 3.63) is 64.4 Å². The molecule has 3 rings (SSSR count). The van der Waals surface area contributed by atoms with Gasteiger partial charge in [0.2, 0.25) is 0 Å². The Kier molecular flexibility index (Phi) is 5.99. The molecule has 1 aliphatic heterocycles. The molecule has 28 heavy (non-hydrogen) atoms. The van der Waals surface area contributed by atoms with Crippen LogP contribution >= 0.6 is 11.6 Å². The van der Waals surface area contributed by atoms with Crippen molar-refractivity contribution in [3.8, 4) is 5.75 Å². The number of halogens is 1. The lowest BCUT2D eigenvalue weighted by atomic mass is 9.96. The van der Waals surface area contributed by atoms with Crippen LogP contribution in [0.2, 0.25) is 5.02 Å². The summed E-state index contributed by atoms with van der Waals surface area (Å²) >= 11 is 6.27. The molecule has 7 heteroatoms. The first-order valence-corrected chi connectivity index (χ1v) is 9.48. The fourth-order valence-corrected chi connectivity index (χ4v) is 3.53. The Labute approximate surface area is 168 Å². The average Bonchev–Trinajstić information content (AvgIpc) is 2.95. The molecule has 1 N–H and O–H groups in total. The monoisotopic (exact) mass is 400 g/mol. The largest absolute Gasteiger partial charge is 0.507 e. The van der Waals surface area contributed by atoms with Gasteiger partial charge in [-0.05, 0) is 43.2 Å². The summed E-state index contributed by atoms with van der Waals surface area (Å²) in [5.41, 5.74) is 0.895. The van der Waals surface area contributed by atoms with E-state index in [2.05, 4.69) is 4.98 Å². The van der Waals surface area contributed by atoms with E-state index in [9.17, 15) is 14.7 Å². The molecule has 0 radical (unpaired) electrons. The zero-order valence-electron chi connectivity index (χ0n) is 15.7. The van der Waals surface area contributed by atoms with E-state index in [0.29, 0.717) is 30.9 Å². The minimum absolute atomic E-state index is 0.00185. The predicted molar refractivity (Wildman–Crippen MR) is 106 cm³/mol. The fourth-order valence-electron chi connectivity index (χ4n) is 3.32. The van der Waals surface area contributed by atoms with Crippen molar-refractivity contribution < 1.29 is 19.4 Å². The van der Waals surface area contributed by atoms with Crippen LogP contribution in [0.1, 0.15) is 37.4 Å². The summed E-state index contributed by atoms with van der Waals surface area (Å²) in [6, 6.07) is 7.61. The van der Waals surface area contributed by atoms with E-state index in [0.717, 1.165) is 0 Å². The zero-order valence-corrected chi connectivity index (χ0v) is 16.4. The number of aliphatic hydroxyl groups is 1. The van der Waals surface area contributed by atoms with Gasteiger partial charge in [-0.3, -0.25) is 14.6 Å². The lowest BCUT2D eigenvalue weighted by Crippen LogP contribution is -2.30. The van der Waals surface area contributed by atoms with Gasteiger partial charge in [0.25, 0.3) is 11.7 Å². The molecule has 1 aliphatic rings. The number of Topliss-reactive ketones (excluding diaryl/α,β-unsaturated/α-hetero) is 1. The predicted octanol–water partition coefficient (Wildman–Crippen LogP) is 3.97. The van der Waals surface area contributed by atoms with Crippen LogP contribution in [0.4, 0.5) is 0 Å². The third-order valence-corrected chi connectivity index (χ3v) is 4.84. The molecule has 1 aromatic carbocycles. The lowest BCUT2D eigenvalue weighted by molar-refractivity contribution is -0.139. The molecule has 146 valence electrons. The van der Waals surface area contributed by atoms with Crippen LogP contribution < -0.4 is 4.74 Å². The third kappa shape index (κ3) is 3.60. The highest BCUT2D eigenvalue weighted by Crippen LogP contribution is 2.40. The maximum Gasteiger partial charge on any atom is 0.295 e. The number of aromatic nitrogens is 1. The van der Waals surface area contributed by atoms with Crippen molar-refractivity contribution in [3.63, 3.8) is 0 Å². The number of carbonyl (C=O) groups excluding carboxylic acids is 2. The summed E-state index contributed by atoms with van der Waals surface area (Å²) in [5.74, 6) is -1.20. The number of likely N-dealkylation sites (tertiary alicyclic amines) is 1. The second-order valence-electron chi connectivity index (χ2n) is 6.35. The van der Waals surface area contributed by atoms with Crippen molar-refractivity contribution in [1.82, 2.24) is 9.88 Å². The number of ketones is 1. The number of carbonyl (C=O) groups is 2. The summed E-state index contributed by atoms with van der Waals surface area (Å²) in [4.78, 5) is 31.0. The summed E-state index contributed by atoms with van der Waals surface area (Å²) in [5, 5.41) is 11.3. The molecule has 2 heterocycles. The quantitative estimate of drug-likeness (QED) is 0.451. The number of amides is 1. The molecule has 0 spiro atoms. The molecule has 1 saturated heterocycles. The Morgan fingerprint density at radius 2 is 2.07 bits per heavy atom. The van der Waals surface area contributed by atoms with Gasteiger partial charge in [0.05, 0.1) is 23.2 Å². The van der Waals surface area contributed by atoms with Gasteiger partial charge in [0.15, 0.2) is 0 Å². The molecular formula is C21H21ClN2O4. The minimum atomic E-state index is -0.738. The van der Waals surface area contributed by atoms with E-state index < -0.39 is 17.7 Å². The van der Waals surface area contributed by atoms with Crippen molar-refractivity contribution in [1.29, 1.82) is 0 Å². The van der Waals surface area contributed by atoms with Crippen LogP contribution in [0.25, 0.3) is 5.76 Å². The Balaban J connectivity index is 2.20. The second-order valence-corrected chi connectivity index (χ2v) is 6.76. The Bertz CT molecular complexity index is 927. The van der Waals surface area contributed by atoms with E-state index in [4.69, 9.17) is 16.3 Å². The minimum Gasteiger partial charge on any atom is -0.507 e. The van der Waals surface area contributed by atoms with Crippen molar-refractivity contribution in [2.45, 2.75) is 26.3 Å². The molecule has 2 aromatic rings. The lowest BCUT2D eigenvalue weighted by Gasteiger charge is -2.24. The first-order chi connectivity index (χ1) is 13.5. The first kappa shape index (κ1) is 19.9. The summed E-state index contributed by atoms with van der Waals surface area (Å²) in [6.45, 7) is 4.58. The Hall–Kier alpha value is -2.86. The number of ether oxygens (including phenoxy) is 1. The van der Waals surface area contributed by atoms with Gasteiger partial charge in [0.1, 0.15) is 11.5 Å². The normalized spacial score (nSPS) is 18.5. The van der Waals surface area contributed by atoms with Gasteiger partial charge in [0, 0.05) is 24.5 Å². The SMILES string of the molecule is CCCN1C(=O)C(=O)/C(=C(/O)c2cc(OCC)ccc2Cl)C1c1cccnc1. The van der Waals surface area contributed by atoms with Gasteiger partial charge < -0.3 is 14.7 Å². The molecule has 1 aromatic heterocycles. The molecule has 1 fully saturated rings. The number of aliphatic hydroxyl groups excluding tert-OH is 1. The van der Waals surface area contributed by atoms with E-state index in [-0.39, 0.29) is 21.9 Å². The van der Waals surface area contributed by atoms with Gasteiger partial charge in [-0.15, -0.1) is 0 Å². The first-order valence-electron chi connectivity index (χ1n) is 9.10. The molecule has 1 amide bonds. The van der Waals surface area contributed by atoms with Crippen LogP contribution in [0, 0.1) is 0 Å². The highest BCUT2D eigenvalue weighted by Gasteiger charge is 2.45. The van der Waals surface area contributed by atoms with E-state index in [1.54, 1.807) is 42.7 Å². The summed E-state index contributed by atoms with van der Waals surface area (Å²) in [7, 11) is 0. The Morgan fingerprint density at radius 3 is 2.71 bits per heavy atom. The number of hydrogen-bond acceptors (Lipinski definition) is 5. The standard InChI is InChI=1S/C21H21ClN2O4/c1-3-10-24-18(13-6-5-9-23-12-13)17(20(26)21(24)27)19(25)15-11-14(28-4-2)7-8-16(15)22/h5-9,11-12,18,25H,3-4,10H2,1-2H3/b19-17+. The number of hydrogen-bond donors (Lipinski definition) is 1. The maximum absolute atomic E-state index is 12.8. The third-order valence-electron chi connectivity index (χ3n) is 4.51. The van der Waals surface area contributed by atoms with E-state index in [1.807, 2.05) is 13.8 Å². The summed E-state index contributed by atoms with van der Waals surface area (Å²) in [6.07, 6.45) is 3.87. The van der Waals surface area contributed by atoms with Gasteiger partial charge in [-0.2, -0.15) is 0 Å². The van der Waals surface area contributed by atoms with Crippen LogP contribution in [-0.2, 0) is 9.59 Å². The molecule has 0 aliphatic carbocycles. The summed E-state index contributed by atoms with van der Waals surface area (Å²) < 4.78 is 5.47. The average molecular weight is 401 g/mol. The van der Waals surface area contributed by atoms with Crippen LogP contribution in [-0.4, -0.2) is 39.8 Å². The second kappa shape index (κ2) is 8.44. The fraction of sp³-hybridized carbons (Fsp3) is 0.286. The Morgan fingerprint density at radius 1 is 1.29 bits per heavy atom. The van der Waals surface area contributed by atoms with Crippen LogP contribution in [0.15, 0.2) is 48.3 Å². The number of nitrogens with zero attached hydrogens (tertiary/aromatic N) is 2. The highest BCUT2D eigenvalue weighted by molar-refractivity contribution is 6.47. The van der Waals surface area contributed by atoms with Crippen molar-refractivity contribution >= 4 is 29.1 Å². The number of pyridine rings is 1. The van der Waals surface area contributed by atoms with E-state index in [1.165, 1.54) is 4.90 Å². The number of rotatable bonds is 6. The van der Waals surface area contributed by atoms with E-state index >= 15 is 0 Å². The topological polar surface area (TPSA) is 79.7 Å². The zero-order chi connectivity index (χ0) is 20.3. The van der Waals surface area contributed by atoms with Gasteiger partial charge in [-0.1, -0.05) is 24.6 Å². The molecule has 0 bridgehead atoms. The number of benzene rings is 1.